The number of benzene rings is 1. The molecule has 5 nitrogen and oxygen atoms in total. The topological polar surface area (TPSA) is 70.3 Å². The fourth-order valence-electron chi connectivity index (χ4n) is 1.36. The third kappa shape index (κ3) is 3.10. The molecule has 0 fully saturated rings. The first-order valence-electron chi connectivity index (χ1n) is 5.78. The van der Waals surface area contributed by atoms with E-state index in [-0.39, 0.29) is 0 Å². The minimum absolute atomic E-state index is 0.359. The van der Waals surface area contributed by atoms with Gasteiger partial charge < -0.3 is 15.2 Å². The van der Waals surface area contributed by atoms with Gasteiger partial charge in [-0.3, -0.25) is 0 Å². The Morgan fingerprint density at radius 2 is 1.83 bits per heavy atom. The molecule has 0 amide bonds. The lowest BCUT2D eigenvalue weighted by molar-refractivity contribution is 0.300. The predicted octanol–water partition coefficient (Wildman–Crippen LogP) is 2.64. The molecule has 0 bridgehead atoms. The zero-order chi connectivity index (χ0) is 12.8. The molecule has 5 heteroatoms. The van der Waals surface area contributed by atoms with E-state index >= 15 is 0 Å². The molecule has 0 aliphatic rings. The number of aromatic nitrogens is 2. The van der Waals surface area contributed by atoms with Crippen LogP contribution in [0.4, 0.5) is 5.82 Å². The van der Waals surface area contributed by atoms with Crippen LogP contribution in [-0.4, -0.2) is 16.8 Å². The van der Waals surface area contributed by atoms with Crippen molar-refractivity contribution in [3.05, 3.63) is 36.4 Å². The van der Waals surface area contributed by atoms with Crippen LogP contribution in [0.2, 0.25) is 0 Å². The Morgan fingerprint density at radius 3 is 2.50 bits per heavy atom. The summed E-state index contributed by atoms with van der Waals surface area (Å²) in [4.78, 5) is 0. The Morgan fingerprint density at radius 1 is 1.06 bits per heavy atom. The molecule has 0 aliphatic heterocycles. The molecule has 1 heterocycles. The maximum atomic E-state index is 5.61. The lowest BCUT2D eigenvalue weighted by atomic mass is 10.3. The van der Waals surface area contributed by atoms with Crippen LogP contribution >= 0.6 is 0 Å². The molecular formula is C13H15N3O2. The zero-order valence-corrected chi connectivity index (χ0v) is 10.2. The highest BCUT2D eigenvalue weighted by atomic mass is 16.5. The van der Waals surface area contributed by atoms with E-state index in [1.807, 2.05) is 24.3 Å². The molecular weight excluding hydrogens is 230 g/mol. The van der Waals surface area contributed by atoms with Crippen LogP contribution in [0, 0.1) is 0 Å². The molecule has 1 aromatic carbocycles. The smallest absolute Gasteiger partial charge is 0.239 e. The third-order valence-corrected chi connectivity index (χ3v) is 2.19. The fourth-order valence-corrected chi connectivity index (χ4v) is 1.36. The molecule has 0 saturated heterocycles. The molecule has 1 aromatic heterocycles. The number of nitrogens with zero attached hydrogens (tertiary/aromatic N) is 2. The molecule has 0 atom stereocenters. The maximum absolute atomic E-state index is 5.61. The van der Waals surface area contributed by atoms with Crippen LogP contribution in [0.1, 0.15) is 13.3 Å². The van der Waals surface area contributed by atoms with Gasteiger partial charge in [-0.05, 0) is 24.6 Å². The van der Waals surface area contributed by atoms with Gasteiger partial charge in [-0.15, -0.1) is 10.2 Å². The molecule has 2 N–H and O–H groups in total. The Bertz CT molecular complexity index is 500. The second-order valence-corrected chi connectivity index (χ2v) is 3.69. The maximum Gasteiger partial charge on any atom is 0.239 e. The fraction of sp³-hybridized carbons (Fsp3) is 0.231. The van der Waals surface area contributed by atoms with Gasteiger partial charge in [0.25, 0.3) is 0 Å². The molecule has 94 valence electrons. The van der Waals surface area contributed by atoms with Crippen LogP contribution in [0.3, 0.4) is 0 Å². The number of hydrogen-bond donors (Lipinski definition) is 1. The summed E-state index contributed by atoms with van der Waals surface area (Å²) in [5.41, 5.74) is 5.46. The summed E-state index contributed by atoms with van der Waals surface area (Å²) in [5.74, 6) is 2.05. The van der Waals surface area contributed by atoms with Crippen molar-refractivity contribution < 1.29 is 9.47 Å². The lowest BCUT2D eigenvalue weighted by Gasteiger charge is -2.10. The van der Waals surface area contributed by atoms with Crippen molar-refractivity contribution in [1.82, 2.24) is 10.2 Å². The first-order valence-corrected chi connectivity index (χ1v) is 5.78. The largest absolute Gasteiger partial charge is 0.490 e. The number of nitrogen functional groups attached to an aromatic ring is 1. The summed E-state index contributed by atoms with van der Waals surface area (Å²) in [6.07, 6.45) is 0.940. The van der Waals surface area contributed by atoms with Crippen LogP contribution < -0.4 is 15.2 Å². The number of para-hydroxylation sites is 2. The monoisotopic (exact) mass is 245 g/mol. The summed E-state index contributed by atoms with van der Waals surface area (Å²) in [7, 11) is 0. The van der Waals surface area contributed by atoms with Crippen LogP contribution in [0.25, 0.3) is 0 Å². The molecule has 0 radical (unpaired) electrons. The average Bonchev–Trinajstić information content (AvgIpc) is 2.40. The number of nitrogens with two attached hydrogens (primary N) is 1. The highest BCUT2D eigenvalue weighted by Gasteiger charge is 2.06. The first-order chi connectivity index (χ1) is 8.79. The van der Waals surface area contributed by atoms with Crippen LogP contribution in [0.15, 0.2) is 36.4 Å². The van der Waals surface area contributed by atoms with E-state index in [4.69, 9.17) is 15.2 Å². The van der Waals surface area contributed by atoms with Crippen molar-refractivity contribution in [2.24, 2.45) is 0 Å². The number of ether oxygens (including phenoxy) is 2. The summed E-state index contributed by atoms with van der Waals surface area (Å²) < 4.78 is 11.2. The van der Waals surface area contributed by atoms with Gasteiger partial charge in [-0.2, -0.15) is 0 Å². The normalized spacial score (nSPS) is 10.1. The van der Waals surface area contributed by atoms with Crippen LogP contribution in [0.5, 0.6) is 17.4 Å². The minimum atomic E-state index is 0.359. The van der Waals surface area contributed by atoms with E-state index < -0.39 is 0 Å². The van der Waals surface area contributed by atoms with Gasteiger partial charge in [-0.25, -0.2) is 0 Å². The van der Waals surface area contributed by atoms with Gasteiger partial charge in [0.15, 0.2) is 11.5 Å². The molecule has 0 spiro atoms. The highest BCUT2D eigenvalue weighted by molar-refractivity contribution is 5.41. The van der Waals surface area contributed by atoms with Gasteiger partial charge >= 0.3 is 0 Å². The van der Waals surface area contributed by atoms with Gasteiger partial charge in [0, 0.05) is 6.07 Å². The highest BCUT2D eigenvalue weighted by Crippen LogP contribution is 2.30. The lowest BCUT2D eigenvalue weighted by Crippen LogP contribution is -1.99. The Hall–Kier alpha value is -2.30. The quantitative estimate of drug-likeness (QED) is 0.876. The Labute approximate surface area is 106 Å². The van der Waals surface area contributed by atoms with Crippen LogP contribution in [-0.2, 0) is 0 Å². The zero-order valence-electron chi connectivity index (χ0n) is 10.2. The van der Waals surface area contributed by atoms with E-state index in [2.05, 4.69) is 17.1 Å². The third-order valence-electron chi connectivity index (χ3n) is 2.19. The van der Waals surface area contributed by atoms with Crippen molar-refractivity contribution >= 4 is 5.82 Å². The standard InChI is InChI=1S/C13H15N3O2/c1-2-9-17-10-5-3-4-6-11(10)18-13-8-7-12(14)15-16-13/h3-8H,2,9H2,1H3,(H2,14,15). The second kappa shape index (κ2) is 5.86. The van der Waals surface area contributed by atoms with E-state index in [1.54, 1.807) is 12.1 Å². The van der Waals surface area contributed by atoms with Gasteiger partial charge in [0.2, 0.25) is 5.88 Å². The molecule has 0 unspecified atom stereocenters. The van der Waals surface area contributed by atoms with E-state index in [0.717, 1.165) is 6.42 Å². The minimum Gasteiger partial charge on any atom is -0.490 e. The summed E-state index contributed by atoms with van der Waals surface area (Å²) in [5, 5.41) is 7.57. The summed E-state index contributed by atoms with van der Waals surface area (Å²) in [6, 6.07) is 10.8. The van der Waals surface area contributed by atoms with Crippen molar-refractivity contribution in [3.63, 3.8) is 0 Å². The van der Waals surface area contributed by atoms with Gasteiger partial charge in [-0.1, -0.05) is 19.1 Å². The molecule has 0 saturated carbocycles. The van der Waals surface area contributed by atoms with E-state index in [9.17, 15) is 0 Å². The predicted molar refractivity (Wildman–Crippen MR) is 68.7 cm³/mol. The molecule has 0 aliphatic carbocycles. The molecule has 18 heavy (non-hydrogen) atoms. The number of rotatable bonds is 5. The van der Waals surface area contributed by atoms with Gasteiger partial charge in [0.05, 0.1) is 6.61 Å². The van der Waals surface area contributed by atoms with E-state index in [0.29, 0.717) is 29.8 Å². The molecule has 2 rings (SSSR count). The van der Waals surface area contributed by atoms with E-state index in [1.165, 1.54) is 0 Å². The number of anilines is 1. The molecule has 2 aromatic rings. The number of hydrogen-bond acceptors (Lipinski definition) is 5. The van der Waals surface area contributed by atoms with Crippen molar-refractivity contribution in [2.45, 2.75) is 13.3 Å². The van der Waals surface area contributed by atoms with Crippen molar-refractivity contribution in [2.75, 3.05) is 12.3 Å². The Kier molecular flexibility index (Phi) is 3.96. The second-order valence-electron chi connectivity index (χ2n) is 3.69. The first kappa shape index (κ1) is 12.2. The SMILES string of the molecule is CCCOc1ccccc1Oc1ccc(N)nn1. The summed E-state index contributed by atoms with van der Waals surface area (Å²) >= 11 is 0. The summed E-state index contributed by atoms with van der Waals surface area (Å²) in [6.45, 7) is 2.70. The van der Waals surface area contributed by atoms with Gasteiger partial charge in [0.1, 0.15) is 5.82 Å². The Balaban J connectivity index is 2.15. The van der Waals surface area contributed by atoms with Crippen molar-refractivity contribution in [1.29, 1.82) is 0 Å². The van der Waals surface area contributed by atoms with Crippen molar-refractivity contribution in [3.8, 4) is 17.4 Å². The average molecular weight is 245 g/mol.